The Morgan fingerprint density at radius 3 is 2.90 bits per heavy atom. The van der Waals surface area contributed by atoms with Crippen LogP contribution in [0.25, 0.3) is 0 Å². The van der Waals surface area contributed by atoms with Crippen molar-refractivity contribution in [3.63, 3.8) is 0 Å². The average Bonchev–Trinajstić information content (AvgIpc) is 2.88. The van der Waals surface area contributed by atoms with E-state index in [0.717, 1.165) is 11.3 Å². The van der Waals surface area contributed by atoms with Gasteiger partial charge in [0.05, 0.1) is 28.5 Å². The van der Waals surface area contributed by atoms with Crippen LogP contribution in [-0.4, -0.2) is 21.4 Å². The van der Waals surface area contributed by atoms with Gasteiger partial charge in [0.2, 0.25) is 0 Å². The van der Waals surface area contributed by atoms with E-state index in [9.17, 15) is 0 Å². The topological polar surface area (TPSA) is 41.9 Å². The summed E-state index contributed by atoms with van der Waals surface area (Å²) in [7, 11) is 0. The molecule has 1 aromatic carbocycles. The zero-order valence-electron chi connectivity index (χ0n) is 11.1. The molecular formula is C14H14Cl2N4S. The molecule has 0 spiro atoms. The Balaban J connectivity index is 1.97. The van der Waals surface area contributed by atoms with Crippen LogP contribution in [-0.2, 0) is 6.54 Å². The van der Waals surface area contributed by atoms with Crippen LogP contribution < -0.4 is 10.6 Å². The summed E-state index contributed by atoms with van der Waals surface area (Å²) in [6.07, 6.45) is 5.31. The smallest absolute Gasteiger partial charge is 0.171 e. The number of nitrogens with one attached hydrogen (secondary N) is 2. The quantitative estimate of drug-likeness (QED) is 0.643. The van der Waals surface area contributed by atoms with Gasteiger partial charge in [0.1, 0.15) is 0 Å². The fraction of sp³-hybridized carbons (Fsp3) is 0.143. The summed E-state index contributed by atoms with van der Waals surface area (Å²) in [6, 6.07) is 5.52. The molecule has 0 saturated carbocycles. The molecule has 2 aromatic rings. The predicted octanol–water partition coefficient (Wildman–Crippen LogP) is 3.71. The number of benzene rings is 1. The highest BCUT2D eigenvalue weighted by Gasteiger charge is 2.03. The van der Waals surface area contributed by atoms with E-state index < -0.39 is 0 Å². The Kier molecular flexibility index (Phi) is 5.61. The standard InChI is InChI=1S/C14H14Cl2N4S/c1-2-5-17-14(21)19-11-7-18-20(9-11)8-10-3-4-12(15)13(16)6-10/h2-4,6-7,9H,1,5,8H2,(H2,17,19,21). The van der Waals surface area contributed by atoms with Crippen molar-refractivity contribution in [1.29, 1.82) is 0 Å². The van der Waals surface area contributed by atoms with Crippen LogP contribution in [0.4, 0.5) is 5.69 Å². The maximum absolute atomic E-state index is 6.00. The summed E-state index contributed by atoms with van der Waals surface area (Å²) in [6.45, 7) is 4.83. The molecule has 0 aliphatic rings. The van der Waals surface area contributed by atoms with Crippen molar-refractivity contribution in [2.24, 2.45) is 0 Å². The van der Waals surface area contributed by atoms with Crippen LogP contribution in [0.1, 0.15) is 5.56 Å². The fourth-order valence-electron chi connectivity index (χ4n) is 1.68. The first-order valence-corrected chi connectivity index (χ1v) is 7.37. The van der Waals surface area contributed by atoms with Crippen molar-refractivity contribution in [3.05, 3.63) is 58.9 Å². The van der Waals surface area contributed by atoms with E-state index in [1.807, 2.05) is 18.3 Å². The van der Waals surface area contributed by atoms with Gasteiger partial charge >= 0.3 is 0 Å². The van der Waals surface area contributed by atoms with Crippen LogP contribution >= 0.6 is 35.4 Å². The second-order valence-electron chi connectivity index (χ2n) is 4.30. The van der Waals surface area contributed by atoms with Gasteiger partial charge in [-0.1, -0.05) is 35.3 Å². The summed E-state index contributed by atoms with van der Waals surface area (Å²) in [4.78, 5) is 0. The van der Waals surface area contributed by atoms with Gasteiger partial charge in [0.15, 0.2) is 5.11 Å². The zero-order chi connectivity index (χ0) is 15.2. The van der Waals surface area contributed by atoms with E-state index >= 15 is 0 Å². The highest BCUT2D eigenvalue weighted by Crippen LogP contribution is 2.23. The molecule has 2 N–H and O–H groups in total. The molecule has 1 heterocycles. The maximum Gasteiger partial charge on any atom is 0.171 e. The van der Waals surface area contributed by atoms with E-state index in [0.29, 0.717) is 28.2 Å². The second kappa shape index (κ2) is 7.45. The van der Waals surface area contributed by atoms with Gasteiger partial charge in [-0.15, -0.1) is 6.58 Å². The Hall–Kier alpha value is -1.56. The van der Waals surface area contributed by atoms with Crippen molar-refractivity contribution in [2.75, 3.05) is 11.9 Å². The number of anilines is 1. The highest BCUT2D eigenvalue weighted by molar-refractivity contribution is 7.80. The number of nitrogens with zero attached hydrogens (tertiary/aromatic N) is 2. The summed E-state index contributed by atoms with van der Waals surface area (Å²) < 4.78 is 1.79. The molecule has 0 saturated heterocycles. The molecule has 0 aliphatic heterocycles. The number of hydrogen-bond acceptors (Lipinski definition) is 2. The number of hydrogen-bond donors (Lipinski definition) is 2. The summed E-state index contributed by atoms with van der Waals surface area (Å²) >= 11 is 17.0. The minimum Gasteiger partial charge on any atom is -0.359 e. The lowest BCUT2D eigenvalue weighted by molar-refractivity contribution is 0.687. The Bertz CT molecular complexity index is 654. The maximum atomic E-state index is 6.00. The number of halogens is 2. The Morgan fingerprint density at radius 2 is 2.19 bits per heavy atom. The van der Waals surface area contributed by atoms with Gasteiger partial charge in [-0.2, -0.15) is 5.10 Å². The molecule has 110 valence electrons. The first-order valence-electron chi connectivity index (χ1n) is 6.20. The molecule has 21 heavy (non-hydrogen) atoms. The number of thiocarbonyl (C=S) groups is 1. The fourth-order valence-corrected chi connectivity index (χ4v) is 2.20. The molecule has 0 atom stereocenters. The van der Waals surface area contributed by atoms with Crippen LogP contribution in [0.2, 0.25) is 10.0 Å². The molecule has 0 radical (unpaired) electrons. The van der Waals surface area contributed by atoms with E-state index in [-0.39, 0.29) is 0 Å². The first kappa shape index (κ1) is 15.8. The molecule has 2 rings (SSSR count). The second-order valence-corrected chi connectivity index (χ2v) is 5.52. The van der Waals surface area contributed by atoms with Crippen LogP contribution in [0, 0.1) is 0 Å². The monoisotopic (exact) mass is 340 g/mol. The van der Waals surface area contributed by atoms with Gasteiger partial charge in [0.25, 0.3) is 0 Å². The Labute approximate surface area is 138 Å². The lowest BCUT2D eigenvalue weighted by atomic mass is 10.2. The number of rotatable bonds is 5. The van der Waals surface area contributed by atoms with Crippen molar-refractivity contribution >= 4 is 46.2 Å². The first-order chi connectivity index (χ1) is 10.1. The molecule has 0 aliphatic carbocycles. The summed E-state index contributed by atoms with van der Waals surface area (Å²) in [5, 5.41) is 11.9. The average molecular weight is 341 g/mol. The third-order valence-corrected chi connectivity index (χ3v) is 3.61. The molecule has 1 aromatic heterocycles. The van der Waals surface area contributed by atoms with Crippen molar-refractivity contribution in [1.82, 2.24) is 15.1 Å². The molecule has 4 nitrogen and oxygen atoms in total. The van der Waals surface area contributed by atoms with Crippen molar-refractivity contribution in [2.45, 2.75) is 6.54 Å². The predicted molar refractivity (Wildman–Crippen MR) is 92.2 cm³/mol. The van der Waals surface area contributed by atoms with Crippen LogP contribution in [0.15, 0.2) is 43.2 Å². The minimum absolute atomic E-state index is 0.531. The minimum atomic E-state index is 0.531. The summed E-state index contributed by atoms with van der Waals surface area (Å²) in [5.41, 5.74) is 1.84. The van der Waals surface area contributed by atoms with E-state index in [1.54, 1.807) is 23.0 Å². The highest BCUT2D eigenvalue weighted by atomic mass is 35.5. The summed E-state index contributed by atoms with van der Waals surface area (Å²) in [5.74, 6) is 0. The third kappa shape index (κ3) is 4.74. The molecule has 0 bridgehead atoms. The van der Waals surface area contributed by atoms with Gasteiger partial charge in [0, 0.05) is 12.7 Å². The van der Waals surface area contributed by atoms with Crippen LogP contribution in [0.3, 0.4) is 0 Å². The Morgan fingerprint density at radius 1 is 1.38 bits per heavy atom. The normalized spacial score (nSPS) is 10.2. The van der Waals surface area contributed by atoms with E-state index in [1.165, 1.54) is 0 Å². The van der Waals surface area contributed by atoms with Crippen LogP contribution in [0.5, 0.6) is 0 Å². The molecular weight excluding hydrogens is 327 g/mol. The van der Waals surface area contributed by atoms with Gasteiger partial charge < -0.3 is 10.6 Å². The van der Waals surface area contributed by atoms with Crippen molar-refractivity contribution in [3.8, 4) is 0 Å². The molecule has 7 heteroatoms. The third-order valence-electron chi connectivity index (χ3n) is 2.63. The van der Waals surface area contributed by atoms with Gasteiger partial charge in [-0.05, 0) is 29.9 Å². The molecule has 0 fully saturated rings. The molecule has 0 unspecified atom stereocenters. The lowest BCUT2D eigenvalue weighted by Crippen LogP contribution is -2.28. The van der Waals surface area contributed by atoms with E-state index in [4.69, 9.17) is 35.4 Å². The van der Waals surface area contributed by atoms with Gasteiger partial charge in [-0.25, -0.2) is 0 Å². The molecule has 0 amide bonds. The SMILES string of the molecule is C=CCNC(=S)Nc1cnn(Cc2ccc(Cl)c(Cl)c2)c1. The van der Waals surface area contributed by atoms with E-state index in [2.05, 4.69) is 22.3 Å². The number of aromatic nitrogens is 2. The lowest BCUT2D eigenvalue weighted by Gasteiger charge is -2.06. The zero-order valence-corrected chi connectivity index (χ0v) is 13.5. The van der Waals surface area contributed by atoms with Crippen molar-refractivity contribution < 1.29 is 0 Å². The van der Waals surface area contributed by atoms with Gasteiger partial charge in [-0.3, -0.25) is 4.68 Å². The largest absolute Gasteiger partial charge is 0.359 e.